The molecule has 0 bridgehead atoms. The molecule has 1 aliphatic rings. The first-order valence-corrected chi connectivity index (χ1v) is 7.82. The molecule has 2 atom stereocenters. The highest BCUT2D eigenvalue weighted by atomic mass is 16.5. The van der Waals surface area contributed by atoms with E-state index in [-0.39, 0.29) is 18.1 Å². The predicted octanol–water partition coefficient (Wildman–Crippen LogP) is 1.62. The van der Waals surface area contributed by atoms with Crippen LogP contribution in [0.2, 0.25) is 0 Å². The summed E-state index contributed by atoms with van der Waals surface area (Å²) in [6.07, 6.45) is 0.725. The molecular formula is C17H21N3O4. The number of amides is 1. The average molecular weight is 331 g/mol. The Bertz CT molecular complexity index is 701. The second-order valence-corrected chi connectivity index (χ2v) is 5.62. The number of ether oxygens (including phenoxy) is 3. The van der Waals surface area contributed by atoms with E-state index in [1.165, 1.54) is 0 Å². The van der Waals surface area contributed by atoms with Crippen molar-refractivity contribution in [1.29, 1.82) is 0 Å². The summed E-state index contributed by atoms with van der Waals surface area (Å²) in [5, 5.41) is 9.93. The highest BCUT2D eigenvalue weighted by Crippen LogP contribution is 2.22. The van der Waals surface area contributed by atoms with Crippen LogP contribution in [0, 0.1) is 0 Å². The molecule has 0 saturated carbocycles. The molecule has 24 heavy (non-hydrogen) atoms. The maximum atomic E-state index is 12.4. The first-order valence-electron chi connectivity index (χ1n) is 7.82. The Balaban J connectivity index is 1.71. The van der Waals surface area contributed by atoms with E-state index >= 15 is 0 Å². The number of aromatic amines is 1. The van der Waals surface area contributed by atoms with E-state index in [0.29, 0.717) is 24.6 Å². The lowest BCUT2D eigenvalue weighted by Gasteiger charge is -2.30. The number of methoxy groups -OCH3 is 2. The van der Waals surface area contributed by atoms with Gasteiger partial charge in [-0.3, -0.25) is 9.89 Å². The highest BCUT2D eigenvalue weighted by Gasteiger charge is 2.27. The van der Waals surface area contributed by atoms with E-state index in [2.05, 4.69) is 15.5 Å². The van der Waals surface area contributed by atoms with Crippen molar-refractivity contribution in [2.24, 2.45) is 0 Å². The third-order valence-electron chi connectivity index (χ3n) is 4.10. The Hall–Kier alpha value is -2.38. The summed E-state index contributed by atoms with van der Waals surface area (Å²) < 4.78 is 16.0. The van der Waals surface area contributed by atoms with Crippen molar-refractivity contribution in [3.05, 3.63) is 36.0 Å². The molecule has 7 nitrogen and oxygen atoms in total. The van der Waals surface area contributed by atoms with E-state index < -0.39 is 0 Å². The Kier molecular flexibility index (Phi) is 5.12. The van der Waals surface area contributed by atoms with Crippen LogP contribution in [0.1, 0.15) is 16.9 Å². The number of benzene rings is 1. The molecule has 1 fully saturated rings. The van der Waals surface area contributed by atoms with E-state index in [1.807, 2.05) is 24.3 Å². The molecule has 128 valence electrons. The van der Waals surface area contributed by atoms with Crippen LogP contribution in [-0.2, 0) is 9.47 Å². The van der Waals surface area contributed by atoms with Crippen molar-refractivity contribution in [3.63, 3.8) is 0 Å². The van der Waals surface area contributed by atoms with Gasteiger partial charge in [-0.15, -0.1) is 0 Å². The van der Waals surface area contributed by atoms with Crippen molar-refractivity contribution in [2.75, 3.05) is 27.4 Å². The van der Waals surface area contributed by atoms with E-state index in [0.717, 1.165) is 17.7 Å². The van der Waals surface area contributed by atoms with Crippen LogP contribution in [0.3, 0.4) is 0 Å². The summed E-state index contributed by atoms with van der Waals surface area (Å²) in [7, 11) is 3.26. The summed E-state index contributed by atoms with van der Waals surface area (Å²) in [5.41, 5.74) is 1.95. The first kappa shape index (κ1) is 16.5. The van der Waals surface area contributed by atoms with Gasteiger partial charge in [-0.1, -0.05) is 12.1 Å². The van der Waals surface area contributed by atoms with Crippen LogP contribution in [0.15, 0.2) is 30.3 Å². The number of nitrogens with one attached hydrogen (secondary N) is 2. The Labute approximate surface area is 140 Å². The molecule has 0 unspecified atom stereocenters. The van der Waals surface area contributed by atoms with Gasteiger partial charge in [-0.25, -0.2) is 0 Å². The van der Waals surface area contributed by atoms with Crippen LogP contribution in [0.4, 0.5) is 0 Å². The van der Waals surface area contributed by atoms with Crippen molar-refractivity contribution < 1.29 is 19.0 Å². The van der Waals surface area contributed by atoms with Gasteiger partial charge in [0.15, 0.2) is 0 Å². The fourth-order valence-corrected chi connectivity index (χ4v) is 2.75. The number of nitrogens with zero attached hydrogens (tertiary/aromatic N) is 1. The zero-order chi connectivity index (χ0) is 16.9. The molecule has 0 radical (unpaired) electrons. The van der Waals surface area contributed by atoms with Gasteiger partial charge in [0.05, 0.1) is 31.6 Å². The molecule has 2 heterocycles. The van der Waals surface area contributed by atoms with Crippen LogP contribution >= 0.6 is 0 Å². The lowest BCUT2D eigenvalue weighted by atomic mass is 10.1. The molecule has 1 aromatic carbocycles. The lowest BCUT2D eigenvalue weighted by Crippen LogP contribution is -2.50. The number of hydrogen-bond donors (Lipinski definition) is 2. The summed E-state index contributed by atoms with van der Waals surface area (Å²) in [6, 6.07) is 9.07. The van der Waals surface area contributed by atoms with Gasteiger partial charge < -0.3 is 19.5 Å². The Morgan fingerprint density at radius 3 is 3.04 bits per heavy atom. The zero-order valence-corrected chi connectivity index (χ0v) is 13.7. The second-order valence-electron chi connectivity index (χ2n) is 5.62. The predicted molar refractivity (Wildman–Crippen MR) is 88.1 cm³/mol. The minimum Gasteiger partial charge on any atom is -0.497 e. The molecule has 1 aromatic heterocycles. The molecular weight excluding hydrogens is 310 g/mol. The fraction of sp³-hybridized carbons (Fsp3) is 0.412. The number of carbonyl (C=O) groups excluding carboxylic acids is 1. The quantitative estimate of drug-likeness (QED) is 0.869. The first-order chi connectivity index (χ1) is 11.7. The topological polar surface area (TPSA) is 85.5 Å². The minimum atomic E-state index is -0.228. The second kappa shape index (κ2) is 7.46. The maximum absolute atomic E-state index is 12.4. The van der Waals surface area contributed by atoms with Crippen LogP contribution < -0.4 is 10.1 Å². The standard InChI is InChI=1S/C17H21N3O4/c1-22-12-5-3-4-11(8-12)13-9-14(20-19-13)17(21)18-15-10-24-7-6-16(15)23-2/h3-5,8-9,15-16H,6-7,10H2,1-2H3,(H,18,21)(H,19,20)/t15-,16-/m1/s1. The summed E-state index contributed by atoms with van der Waals surface area (Å²) in [6.45, 7) is 1.09. The van der Waals surface area contributed by atoms with Crippen molar-refractivity contribution >= 4 is 5.91 Å². The van der Waals surface area contributed by atoms with Gasteiger partial charge in [-0.05, 0) is 24.6 Å². The van der Waals surface area contributed by atoms with Gasteiger partial charge in [0.25, 0.3) is 5.91 Å². The van der Waals surface area contributed by atoms with E-state index in [9.17, 15) is 4.79 Å². The van der Waals surface area contributed by atoms with E-state index in [1.54, 1.807) is 20.3 Å². The molecule has 3 rings (SSSR count). The maximum Gasteiger partial charge on any atom is 0.269 e. The zero-order valence-electron chi connectivity index (χ0n) is 13.7. The minimum absolute atomic E-state index is 0.0384. The smallest absolute Gasteiger partial charge is 0.269 e. The number of H-pyrrole nitrogens is 1. The Morgan fingerprint density at radius 2 is 2.25 bits per heavy atom. The number of carbonyl (C=O) groups is 1. The largest absolute Gasteiger partial charge is 0.497 e. The van der Waals surface area contributed by atoms with Crippen LogP contribution in [-0.4, -0.2) is 55.7 Å². The van der Waals surface area contributed by atoms with Crippen molar-refractivity contribution in [3.8, 4) is 17.0 Å². The van der Waals surface area contributed by atoms with Gasteiger partial charge in [0, 0.05) is 19.3 Å². The molecule has 2 aromatic rings. The molecule has 0 aliphatic carbocycles. The molecule has 1 saturated heterocycles. The fourth-order valence-electron chi connectivity index (χ4n) is 2.75. The van der Waals surface area contributed by atoms with Gasteiger partial charge in [0.1, 0.15) is 11.4 Å². The van der Waals surface area contributed by atoms with Crippen LogP contribution in [0.25, 0.3) is 11.3 Å². The molecule has 7 heteroatoms. The van der Waals surface area contributed by atoms with Crippen molar-refractivity contribution in [1.82, 2.24) is 15.5 Å². The summed E-state index contributed by atoms with van der Waals surface area (Å²) in [4.78, 5) is 12.4. The molecule has 0 spiro atoms. The van der Waals surface area contributed by atoms with Gasteiger partial charge >= 0.3 is 0 Å². The lowest BCUT2D eigenvalue weighted by molar-refractivity contribution is -0.0349. The average Bonchev–Trinajstić information content (AvgIpc) is 3.12. The number of hydrogen-bond acceptors (Lipinski definition) is 5. The van der Waals surface area contributed by atoms with Crippen LogP contribution in [0.5, 0.6) is 5.75 Å². The molecule has 2 N–H and O–H groups in total. The van der Waals surface area contributed by atoms with Crippen molar-refractivity contribution in [2.45, 2.75) is 18.6 Å². The van der Waals surface area contributed by atoms with E-state index in [4.69, 9.17) is 14.2 Å². The summed E-state index contributed by atoms with van der Waals surface area (Å²) >= 11 is 0. The van der Waals surface area contributed by atoms with Gasteiger partial charge in [-0.2, -0.15) is 5.10 Å². The summed E-state index contributed by atoms with van der Waals surface area (Å²) in [5.74, 6) is 0.512. The molecule has 1 aliphatic heterocycles. The normalized spacial score (nSPS) is 20.6. The van der Waals surface area contributed by atoms with Gasteiger partial charge in [0.2, 0.25) is 0 Å². The third kappa shape index (κ3) is 3.58. The number of aromatic nitrogens is 2. The Morgan fingerprint density at radius 1 is 1.38 bits per heavy atom. The SMILES string of the molecule is COc1cccc(-c2cc(C(=O)N[C@@H]3COCC[C@H]3OC)[nH]n2)c1. The third-order valence-corrected chi connectivity index (χ3v) is 4.10. The number of rotatable bonds is 5. The highest BCUT2D eigenvalue weighted by molar-refractivity contribution is 5.93. The monoisotopic (exact) mass is 331 g/mol. The molecule has 1 amide bonds.